The molecule has 2 N–H and O–H groups in total. The largest absolute Gasteiger partial charge is 0.368 e. The SMILES string of the molecule is CCC(C)=C(C)c1c(NCCN2CCN(C)CC2)ncc(C(=O)Nc2ccc(Cl)cc2)c1Cl. The zero-order valence-corrected chi connectivity index (χ0v) is 21.4. The molecule has 1 amide bonds. The van der Waals surface area contributed by atoms with E-state index in [2.05, 4.69) is 46.3 Å². The number of allylic oxidation sites excluding steroid dienone is 2. The average molecular weight is 490 g/mol. The van der Waals surface area contributed by atoms with E-state index in [1.807, 2.05) is 6.92 Å². The Morgan fingerprint density at radius 3 is 2.39 bits per heavy atom. The Labute approximate surface area is 207 Å². The highest BCUT2D eigenvalue weighted by molar-refractivity contribution is 6.36. The third-order valence-electron chi connectivity index (χ3n) is 6.22. The molecule has 8 heteroatoms. The van der Waals surface area contributed by atoms with Crippen LogP contribution in [-0.4, -0.2) is 67.0 Å². The van der Waals surface area contributed by atoms with Crippen molar-refractivity contribution in [1.29, 1.82) is 0 Å². The van der Waals surface area contributed by atoms with Gasteiger partial charge in [-0.05, 0) is 57.2 Å². The minimum Gasteiger partial charge on any atom is -0.368 e. The lowest BCUT2D eigenvalue weighted by Gasteiger charge is -2.32. The molecular formula is C25H33Cl2N5O. The lowest BCUT2D eigenvalue weighted by atomic mass is 9.99. The van der Waals surface area contributed by atoms with E-state index in [0.717, 1.165) is 56.8 Å². The van der Waals surface area contributed by atoms with Crippen LogP contribution in [0.2, 0.25) is 10.0 Å². The number of aromatic nitrogens is 1. The first-order valence-corrected chi connectivity index (χ1v) is 12.1. The highest BCUT2D eigenvalue weighted by Gasteiger charge is 2.21. The van der Waals surface area contributed by atoms with Crippen molar-refractivity contribution >= 4 is 46.2 Å². The summed E-state index contributed by atoms with van der Waals surface area (Å²) in [4.78, 5) is 22.4. The third kappa shape index (κ3) is 6.70. The van der Waals surface area contributed by atoms with Gasteiger partial charge in [0.15, 0.2) is 0 Å². The van der Waals surface area contributed by atoms with E-state index in [4.69, 9.17) is 23.2 Å². The molecule has 0 aliphatic carbocycles. The maximum absolute atomic E-state index is 13.0. The van der Waals surface area contributed by atoms with E-state index >= 15 is 0 Å². The average Bonchev–Trinajstić information content (AvgIpc) is 2.81. The summed E-state index contributed by atoms with van der Waals surface area (Å²) in [6, 6.07) is 6.97. The van der Waals surface area contributed by atoms with E-state index in [-0.39, 0.29) is 5.91 Å². The molecule has 1 fully saturated rings. The first-order valence-electron chi connectivity index (χ1n) is 11.4. The van der Waals surface area contributed by atoms with Gasteiger partial charge in [0, 0.05) is 61.7 Å². The number of anilines is 2. The van der Waals surface area contributed by atoms with Gasteiger partial charge >= 0.3 is 0 Å². The molecule has 0 unspecified atom stereocenters. The molecule has 1 aliphatic heterocycles. The molecule has 0 saturated carbocycles. The Kier molecular flexibility index (Phi) is 9.15. The number of benzene rings is 1. The lowest BCUT2D eigenvalue weighted by molar-refractivity contribution is 0.102. The number of halogens is 2. The molecule has 2 heterocycles. The predicted molar refractivity (Wildman–Crippen MR) is 140 cm³/mol. The van der Waals surface area contributed by atoms with Crippen LogP contribution in [0.25, 0.3) is 5.57 Å². The number of amides is 1. The van der Waals surface area contributed by atoms with E-state index in [9.17, 15) is 4.79 Å². The fraction of sp³-hybridized carbons (Fsp3) is 0.440. The van der Waals surface area contributed by atoms with Crippen LogP contribution in [0.15, 0.2) is 36.0 Å². The van der Waals surface area contributed by atoms with Gasteiger partial charge in [-0.25, -0.2) is 4.98 Å². The van der Waals surface area contributed by atoms with Crippen LogP contribution in [0.4, 0.5) is 11.5 Å². The van der Waals surface area contributed by atoms with Gasteiger partial charge in [0.05, 0.1) is 10.6 Å². The quantitative estimate of drug-likeness (QED) is 0.512. The molecule has 1 saturated heterocycles. The van der Waals surface area contributed by atoms with Crippen LogP contribution in [0.5, 0.6) is 0 Å². The molecule has 178 valence electrons. The highest BCUT2D eigenvalue weighted by atomic mass is 35.5. The van der Waals surface area contributed by atoms with Crippen LogP contribution in [-0.2, 0) is 0 Å². The second-order valence-electron chi connectivity index (χ2n) is 8.50. The molecule has 2 aromatic rings. The molecule has 1 aromatic heterocycles. The van der Waals surface area contributed by atoms with Crippen LogP contribution >= 0.6 is 23.2 Å². The molecule has 0 radical (unpaired) electrons. The summed E-state index contributed by atoms with van der Waals surface area (Å²) in [5, 5.41) is 7.35. The molecular weight excluding hydrogens is 457 g/mol. The van der Waals surface area contributed by atoms with Gasteiger partial charge in [-0.1, -0.05) is 35.7 Å². The summed E-state index contributed by atoms with van der Waals surface area (Å²) < 4.78 is 0. The summed E-state index contributed by atoms with van der Waals surface area (Å²) in [5.74, 6) is 0.407. The number of hydrogen-bond acceptors (Lipinski definition) is 5. The number of carbonyl (C=O) groups is 1. The zero-order valence-electron chi connectivity index (χ0n) is 19.8. The topological polar surface area (TPSA) is 60.5 Å². The Balaban J connectivity index is 1.81. The minimum atomic E-state index is -0.304. The summed E-state index contributed by atoms with van der Waals surface area (Å²) >= 11 is 12.8. The van der Waals surface area contributed by atoms with Crippen molar-refractivity contribution in [2.24, 2.45) is 0 Å². The van der Waals surface area contributed by atoms with Gasteiger partial charge in [0.1, 0.15) is 5.82 Å². The molecule has 33 heavy (non-hydrogen) atoms. The van der Waals surface area contributed by atoms with E-state index < -0.39 is 0 Å². The molecule has 1 aliphatic rings. The number of nitrogens with zero attached hydrogens (tertiary/aromatic N) is 3. The second-order valence-corrected chi connectivity index (χ2v) is 9.32. The number of piperazine rings is 1. The third-order valence-corrected chi connectivity index (χ3v) is 6.87. The van der Waals surface area contributed by atoms with Crippen LogP contribution in [0.3, 0.4) is 0 Å². The van der Waals surface area contributed by atoms with E-state index in [0.29, 0.717) is 27.1 Å². The van der Waals surface area contributed by atoms with Gasteiger partial charge < -0.3 is 15.5 Å². The van der Waals surface area contributed by atoms with Crippen LogP contribution < -0.4 is 10.6 Å². The first-order chi connectivity index (χ1) is 15.8. The number of likely N-dealkylation sites (N-methyl/N-ethyl adjacent to an activating group) is 1. The summed E-state index contributed by atoms with van der Waals surface area (Å²) in [5.41, 5.74) is 4.02. The Morgan fingerprint density at radius 2 is 1.76 bits per heavy atom. The van der Waals surface area contributed by atoms with Gasteiger partial charge in [0.25, 0.3) is 5.91 Å². The number of nitrogens with one attached hydrogen (secondary N) is 2. The van der Waals surface area contributed by atoms with E-state index in [1.165, 1.54) is 5.57 Å². The molecule has 0 bridgehead atoms. The zero-order chi connectivity index (χ0) is 24.0. The van der Waals surface area contributed by atoms with Gasteiger partial charge in [-0.3, -0.25) is 9.69 Å². The lowest BCUT2D eigenvalue weighted by Crippen LogP contribution is -2.45. The van der Waals surface area contributed by atoms with Crippen molar-refractivity contribution < 1.29 is 4.79 Å². The summed E-state index contributed by atoms with van der Waals surface area (Å²) in [6.07, 6.45) is 2.44. The molecule has 0 atom stereocenters. The van der Waals surface area contributed by atoms with Crippen LogP contribution in [0, 0.1) is 0 Å². The summed E-state index contributed by atoms with van der Waals surface area (Å²) in [6.45, 7) is 12.2. The molecule has 6 nitrogen and oxygen atoms in total. The number of carbonyl (C=O) groups excluding carboxylic acids is 1. The first kappa shape index (κ1) is 25.5. The fourth-order valence-electron chi connectivity index (χ4n) is 3.74. The Morgan fingerprint density at radius 1 is 1.09 bits per heavy atom. The number of pyridine rings is 1. The van der Waals surface area contributed by atoms with Gasteiger partial charge in [0.2, 0.25) is 0 Å². The van der Waals surface area contributed by atoms with Crippen molar-refractivity contribution in [2.45, 2.75) is 27.2 Å². The smallest absolute Gasteiger partial charge is 0.258 e. The fourth-order valence-corrected chi connectivity index (χ4v) is 4.23. The minimum absolute atomic E-state index is 0.304. The van der Waals surface area contributed by atoms with E-state index in [1.54, 1.807) is 30.5 Å². The van der Waals surface area contributed by atoms with Gasteiger partial charge in [-0.15, -0.1) is 0 Å². The summed E-state index contributed by atoms with van der Waals surface area (Å²) in [7, 11) is 2.16. The normalized spacial score (nSPS) is 15.8. The molecule has 3 rings (SSSR count). The van der Waals surface area contributed by atoms with Crippen LogP contribution in [0.1, 0.15) is 43.1 Å². The monoisotopic (exact) mass is 489 g/mol. The van der Waals surface area contributed by atoms with Gasteiger partial charge in [-0.2, -0.15) is 0 Å². The van der Waals surface area contributed by atoms with Crippen molar-refractivity contribution in [1.82, 2.24) is 14.8 Å². The second kappa shape index (κ2) is 11.8. The molecule has 0 spiro atoms. The maximum atomic E-state index is 13.0. The highest BCUT2D eigenvalue weighted by Crippen LogP contribution is 2.35. The molecule has 1 aromatic carbocycles. The standard InChI is InChI=1S/C25H33Cl2N5O/c1-5-17(2)18(3)22-23(27)21(25(33)30-20-8-6-19(26)7-9-20)16-29-24(22)28-10-11-32-14-12-31(4)13-15-32/h6-9,16H,5,10-15H2,1-4H3,(H,28,29)(H,30,33). The number of rotatable bonds is 8. The van der Waals surface area contributed by atoms with Crippen molar-refractivity contribution in [3.8, 4) is 0 Å². The van der Waals surface area contributed by atoms with Crippen molar-refractivity contribution in [2.75, 3.05) is 56.9 Å². The Bertz CT molecular complexity index is 999. The number of hydrogen-bond donors (Lipinski definition) is 2. The maximum Gasteiger partial charge on any atom is 0.258 e. The van der Waals surface area contributed by atoms with Crippen molar-refractivity contribution in [3.05, 3.63) is 57.2 Å². The Hall–Kier alpha value is -2.12. The van der Waals surface area contributed by atoms with Crippen molar-refractivity contribution in [3.63, 3.8) is 0 Å². The predicted octanol–water partition coefficient (Wildman–Crippen LogP) is 5.50.